The quantitative estimate of drug-likeness (QED) is 0.281. The highest BCUT2D eigenvalue weighted by atomic mass is 14.5. The Bertz CT molecular complexity index is 1400. The third-order valence-electron chi connectivity index (χ3n) is 8.32. The van der Waals surface area contributed by atoms with Crippen LogP contribution in [0.3, 0.4) is 0 Å². The fraction of sp³-hybridized carbons (Fsp3) is 0.222. The topological polar surface area (TPSA) is 0 Å². The molecule has 2 aliphatic carbocycles. The standard InChI is InChI=1S/C36H34/c1-25-17-19-28(20-18-25)36(27-11-5-6-12-27,29-23-21-26(22-24-29)35(2,3)4)34-32-15-9-7-13-30(32)31-14-8-10-16-33(31)34/h5-24,27,34H,1-4H3. The van der Waals surface area contributed by atoms with Gasteiger partial charge in [0.25, 0.3) is 0 Å². The summed E-state index contributed by atoms with van der Waals surface area (Å²) >= 11 is 0. The molecule has 0 aliphatic heterocycles. The molecule has 0 saturated heterocycles. The van der Waals surface area contributed by atoms with E-state index in [0.717, 1.165) is 0 Å². The van der Waals surface area contributed by atoms with Crippen molar-refractivity contribution in [2.24, 2.45) is 5.92 Å². The van der Waals surface area contributed by atoms with Crippen molar-refractivity contribution in [1.29, 1.82) is 0 Å². The van der Waals surface area contributed by atoms with Crippen molar-refractivity contribution in [2.75, 3.05) is 0 Å². The molecule has 0 amide bonds. The average Bonchev–Trinajstić information content (AvgIpc) is 3.54. The van der Waals surface area contributed by atoms with E-state index in [1.807, 2.05) is 0 Å². The van der Waals surface area contributed by atoms with E-state index in [9.17, 15) is 0 Å². The summed E-state index contributed by atoms with van der Waals surface area (Å²) in [7, 11) is 0. The molecule has 0 radical (unpaired) electrons. The average molecular weight is 467 g/mol. The lowest BCUT2D eigenvalue weighted by Gasteiger charge is -2.45. The largest absolute Gasteiger partial charge is 0.0764 e. The lowest BCUT2D eigenvalue weighted by Crippen LogP contribution is -2.41. The predicted octanol–water partition coefficient (Wildman–Crippen LogP) is 9.13. The van der Waals surface area contributed by atoms with Gasteiger partial charge in [-0.1, -0.05) is 148 Å². The lowest BCUT2D eigenvalue weighted by molar-refractivity contribution is 0.395. The Morgan fingerprint density at radius 1 is 0.528 bits per heavy atom. The maximum absolute atomic E-state index is 2.41. The van der Waals surface area contributed by atoms with Crippen molar-refractivity contribution in [3.8, 4) is 11.1 Å². The van der Waals surface area contributed by atoms with Crippen molar-refractivity contribution < 1.29 is 0 Å². The molecule has 0 heteroatoms. The van der Waals surface area contributed by atoms with Crippen LogP contribution in [0.4, 0.5) is 0 Å². The van der Waals surface area contributed by atoms with Crippen LogP contribution in [-0.2, 0) is 10.8 Å². The van der Waals surface area contributed by atoms with Gasteiger partial charge in [0.15, 0.2) is 0 Å². The van der Waals surface area contributed by atoms with E-state index in [2.05, 4.69) is 149 Å². The number of benzene rings is 4. The lowest BCUT2D eigenvalue weighted by atomic mass is 9.56. The van der Waals surface area contributed by atoms with Crippen LogP contribution in [0.2, 0.25) is 0 Å². The summed E-state index contributed by atoms with van der Waals surface area (Å²) < 4.78 is 0. The first-order valence-electron chi connectivity index (χ1n) is 13.1. The molecule has 1 atom stereocenters. The molecular weight excluding hydrogens is 432 g/mol. The Hall–Kier alpha value is -3.64. The molecule has 0 fully saturated rings. The molecular formula is C36H34. The highest BCUT2D eigenvalue weighted by Crippen LogP contribution is 2.60. The number of hydrogen-bond acceptors (Lipinski definition) is 0. The van der Waals surface area contributed by atoms with Crippen LogP contribution in [-0.4, -0.2) is 0 Å². The van der Waals surface area contributed by atoms with Gasteiger partial charge in [0, 0.05) is 17.3 Å². The zero-order valence-electron chi connectivity index (χ0n) is 21.7. The van der Waals surface area contributed by atoms with E-state index in [0.29, 0.717) is 0 Å². The molecule has 1 unspecified atom stereocenters. The van der Waals surface area contributed by atoms with Gasteiger partial charge < -0.3 is 0 Å². The Kier molecular flexibility index (Phi) is 5.38. The van der Waals surface area contributed by atoms with Crippen LogP contribution in [0.15, 0.2) is 121 Å². The van der Waals surface area contributed by atoms with Crippen LogP contribution >= 0.6 is 0 Å². The van der Waals surface area contributed by atoms with Gasteiger partial charge in [0.1, 0.15) is 0 Å². The molecule has 178 valence electrons. The molecule has 0 heterocycles. The van der Waals surface area contributed by atoms with Gasteiger partial charge >= 0.3 is 0 Å². The van der Waals surface area contributed by atoms with Gasteiger partial charge in [-0.15, -0.1) is 0 Å². The molecule has 0 spiro atoms. The Labute approximate surface area is 216 Å². The molecule has 36 heavy (non-hydrogen) atoms. The fourth-order valence-electron chi connectivity index (χ4n) is 6.53. The summed E-state index contributed by atoms with van der Waals surface area (Å²) in [6.07, 6.45) is 9.26. The molecule has 0 aromatic heterocycles. The fourth-order valence-corrected chi connectivity index (χ4v) is 6.53. The number of rotatable bonds is 4. The van der Waals surface area contributed by atoms with Crippen molar-refractivity contribution in [2.45, 2.75) is 44.4 Å². The first-order chi connectivity index (χ1) is 17.4. The van der Waals surface area contributed by atoms with E-state index in [4.69, 9.17) is 0 Å². The molecule has 4 aromatic rings. The maximum atomic E-state index is 2.41. The molecule has 4 aromatic carbocycles. The first-order valence-corrected chi connectivity index (χ1v) is 13.1. The third kappa shape index (κ3) is 3.43. The SMILES string of the molecule is Cc1ccc(C(c2ccc(C(C)(C)C)cc2)(C2C=CC=C2)C2c3ccccc3-c3ccccc32)cc1. The summed E-state index contributed by atoms with van der Waals surface area (Å²) in [6.45, 7) is 9.06. The van der Waals surface area contributed by atoms with Crippen LogP contribution < -0.4 is 0 Å². The highest BCUT2D eigenvalue weighted by molar-refractivity contribution is 5.81. The summed E-state index contributed by atoms with van der Waals surface area (Å²) in [4.78, 5) is 0. The van der Waals surface area contributed by atoms with Crippen LogP contribution in [0, 0.1) is 12.8 Å². The van der Waals surface area contributed by atoms with E-state index >= 15 is 0 Å². The Morgan fingerprint density at radius 2 is 0.972 bits per heavy atom. The Morgan fingerprint density at radius 3 is 1.47 bits per heavy atom. The molecule has 0 nitrogen and oxygen atoms in total. The van der Waals surface area contributed by atoms with Gasteiger partial charge in [-0.2, -0.15) is 0 Å². The normalized spacial score (nSPS) is 16.7. The van der Waals surface area contributed by atoms with Crippen LogP contribution in [0.25, 0.3) is 11.1 Å². The monoisotopic (exact) mass is 466 g/mol. The van der Waals surface area contributed by atoms with Gasteiger partial charge in [0.2, 0.25) is 0 Å². The summed E-state index contributed by atoms with van der Waals surface area (Å²) in [5.41, 5.74) is 10.8. The number of allylic oxidation sites excluding steroid dienone is 4. The maximum Gasteiger partial charge on any atom is 0.0409 e. The minimum atomic E-state index is -0.281. The van der Waals surface area contributed by atoms with Gasteiger partial charge in [-0.25, -0.2) is 0 Å². The Balaban J connectivity index is 1.71. The second-order valence-corrected chi connectivity index (χ2v) is 11.5. The summed E-state index contributed by atoms with van der Waals surface area (Å²) in [5, 5.41) is 0. The van der Waals surface area contributed by atoms with E-state index in [1.54, 1.807) is 0 Å². The number of hydrogen-bond donors (Lipinski definition) is 0. The van der Waals surface area contributed by atoms with Crippen LogP contribution in [0.5, 0.6) is 0 Å². The molecule has 0 bridgehead atoms. The molecule has 0 N–H and O–H groups in total. The van der Waals surface area contributed by atoms with Crippen molar-refractivity contribution in [3.05, 3.63) is 155 Å². The van der Waals surface area contributed by atoms with Crippen molar-refractivity contribution in [1.82, 2.24) is 0 Å². The third-order valence-corrected chi connectivity index (χ3v) is 8.32. The van der Waals surface area contributed by atoms with E-state index < -0.39 is 0 Å². The van der Waals surface area contributed by atoms with Crippen LogP contribution in [0.1, 0.15) is 60.1 Å². The van der Waals surface area contributed by atoms with Gasteiger partial charge in [-0.05, 0) is 51.3 Å². The summed E-state index contributed by atoms with van der Waals surface area (Å²) in [5.74, 6) is 0.440. The van der Waals surface area contributed by atoms with Crippen molar-refractivity contribution >= 4 is 0 Å². The second-order valence-electron chi connectivity index (χ2n) is 11.5. The highest BCUT2D eigenvalue weighted by Gasteiger charge is 2.51. The summed E-state index contributed by atoms with van der Waals surface area (Å²) in [6, 6.07) is 36.9. The minimum absolute atomic E-state index is 0.116. The van der Waals surface area contributed by atoms with E-state index in [-0.39, 0.29) is 22.7 Å². The van der Waals surface area contributed by atoms with Gasteiger partial charge in [0.05, 0.1) is 0 Å². The molecule has 6 rings (SSSR count). The minimum Gasteiger partial charge on any atom is -0.0764 e. The second kappa shape index (κ2) is 8.49. The van der Waals surface area contributed by atoms with E-state index in [1.165, 1.54) is 44.5 Å². The molecule has 0 saturated carbocycles. The van der Waals surface area contributed by atoms with Crippen molar-refractivity contribution in [3.63, 3.8) is 0 Å². The van der Waals surface area contributed by atoms with Gasteiger partial charge in [-0.3, -0.25) is 0 Å². The number of aryl methyl sites for hydroxylation is 1. The molecule has 2 aliphatic rings. The number of fused-ring (bicyclic) bond motifs is 3. The predicted molar refractivity (Wildman–Crippen MR) is 153 cm³/mol. The first kappa shape index (κ1) is 22.8. The zero-order valence-corrected chi connectivity index (χ0v) is 21.7. The zero-order chi connectivity index (χ0) is 24.9. The smallest absolute Gasteiger partial charge is 0.0409 e.